The van der Waals surface area contributed by atoms with E-state index in [1.807, 2.05) is 18.2 Å². The van der Waals surface area contributed by atoms with Crippen molar-refractivity contribution >= 4 is 17.4 Å². The second-order valence-electron chi connectivity index (χ2n) is 6.57. The summed E-state index contributed by atoms with van der Waals surface area (Å²) in [6, 6.07) is 17.2. The van der Waals surface area contributed by atoms with Crippen molar-refractivity contribution in [2.24, 2.45) is 0 Å². The highest BCUT2D eigenvalue weighted by Crippen LogP contribution is 2.27. The number of nitrogens with one attached hydrogen (secondary N) is 2. The number of hydrogen-bond acceptors (Lipinski definition) is 4. The van der Waals surface area contributed by atoms with Crippen LogP contribution in [0, 0.1) is 0 Å². The molecule has 0 radical (unpaired) electrons. The molecule has 27 heavy (non-hydrogen) atoms. The first-order valence-corrected chi connectivity index (χ1v) is 9.09. The molecule has 138 valence electrons. The van der Waals surface area contributed by atoms with Crippen molar-refractivity contribution in [1.82, 2.24) is 14.5 Å². The maximum absolute atomic E-state index is 12.5. The molecule has 0 aliphatic carbocycles. The summed E-state index contributed by atoms with van der Waals surface area (Å²) >= 11 is 5.95. The third-order valence-electron chi connectivity index (χ3n) is 4.93. The Kier molecular flexibility index (Phi) is 4.59. The molecule has 0 spiro atoms. The second kappa shape index (κ2) is 7.06. The highest BCUT2D eigenvalue weighted by Gasteiger charge is 2.26. The van der Waals surface area contributed by atoms with Crippen molar-refractivity contribution in [3.05, 3.63) is 91.6 Å². The Hall–Kier alpha value is -2.83. The van der Waals surface area contributed by atoms with Crippen LogP contribution < -0.4 is 16.6 Å². The van der Waals surface area contributed by atoms with Gasteiger partial charge in [0.2, 0.25) is 0 Å². The van der Waals surface area contributed by atoms with E-state index < -0.39 is 5.69 Å². The van der Waals surface area contributed by atoms with Gasteiger partial charge in [0.05, 0.1) is 17.9 Å². The minimum Gasteiger partial charge on any atom is -0.358 e. The fraction of sp³-hybridized carbons (Fsp3) is 0.200. The van der Waals surface area contributed by atoms with Crippen LogP contribution in [0.3, 0.4) is 0 Å². The number of rotatable bonds is 3. The Balaban J connectivity index is 1.74. The van der Waals surface area contributed by atoms with Gasteiger partial charge in [-0.15, -0.1) is 0 Å². The number of benzene rings is 2. The van der Waals surface area contributed by atoms with Crippen LogP contribution in [-0.2, 0) is 6.54 Å². The normalized spacial score (nSPS) is 15.0. The quantitative estimate of drug-likeness (QED) is 0.730. The van der Waals surface area contributed by atoms with Gasteiger partial charge in [-0.3, -0.25) is 14.7 Å². The van der Waals surface area contributed by atoms with E-state index >= 15 is 0 Å². The summed E-state index contributed by atoms with van der Waals surface area (Å²) in [5.41, 5.74) is 1.52. The fourth-order valence-electron chi connectivity index (χ4n) is 3.39. The third kappa shape index (κ3) is 3.29. The van der Waals surface area contributed by atoms with E-state index in [0.29, 0.717) is 35.3 Å². The fourth-order valence-corrected chi connectivity index (χ4v) is 3.52. The van der Waals surface area contributed by atoms with Gasteiger partial charge in [0.25, 0.3) is 5.56 Å². The van der Waals surface area contributed by atoms with Crippen molar-refractivity contribution in [2.75, 3.05) is 12.0 Å². The summed E-state index contributed by atoms with van der Waals surface area (Å²) in [6.07, 6.45) is 0. The Bertz CT molecular complexity index is 1070. The zero-order valence-electron chi connectivity index (χ0n) is 14.8. The first kappa shape index (κ1) is 17.6. The van der Waals surface area contributed by atoms with E-state index in [2.05, 4.69) is 34.3 Å². The lowest BCUT2D eigenvalue weighted by molar-refractivity contribution is 0.207. The van der Waals surface area contributed by atoms with Crippen LogP contribution in [0.5, 0.6) is 0 Å². The van der Waals surface area contributed by atoms with Gasteiger partial charge in [0, 0.05) is 17.6 Å². The first-order chi connectivity index (χ1) is 13.0. The molecule has 1 aromatic heterocycles. The maximum atomic E-state index is 12.5. The first-order valence-electron chi connectivity index (χ1n) is 8.71. The molecule has 1 aliphatic heterocycles. The van der Waals surface area contributed by atoms with Crippen LogP contribution in [0.2, 0.25) is 5.02 Å². The number of H-pyrrole nitrogens is 1. The highest BCUT2D eigenvalue weighted by molar-refractivity contribution is 6.30. The predicted molar refractivity (Wildman–Crippen MR) is 107 cm³/mol. The maximum Gasteiger partial charge on any atom is 0.334 e. The number of aromatic nitrogens is 2. The molecule has 4 rings (SSSR count). The van der Waals surface area contributed by atoms with Crippen LogP contribution in [-0.4, -0.2) is 21.1 Å². The van der Waals surface area contributed by atoms with Crippen LogP contribution >= 0.6 is 11.6 Å². The monoisotopic (exact) mass is 382 g/mol. The number of aromatic amines is 1. The second-order valence-corrected chi connectivity index (χ2v) is 7.00. The molecule has 2 heterocycles. The van der Waals surface area contributed by atoms with E-state index in [1.165, 1.54) is 10.1 Å². The summed E-state index contributed by atoms with van der Waals surface area (Å²) in [6.45, 7) is 3.08. The molecule has 0 bridgehead atoms. The van der Waals surface area contributed by atoms with Gasteiger partial charge in [-0.05, 0) is 36.8 Å². The summed E-state index contributed by atoms with van der Waals surface area (Å²) in [5.74, 6) is 0.530. The minimum atomic E-state index is -0.474. The predicted octanol–water partition coefficient (Wildman–Crippen LogP) is 3.13. The Labute approximate surface area is 161 Å². The van der Waals surface area contributed by atoms with Crippen molar-refractivity contribution in [3.63, 3.8) is 0 Å². The summed E-state index contributed by atoms with van der Waals surface area (Å²) in [4.78, 5) is 29.5. The average molecular weight is 383 g/mol. The standard InChI is InChI=1S/C20H19ClN4O2/c1-13(14-5-3-2-4-6-14)24-11-17-18(22-12-24)25(20(27)23-19(17)26)16-9-7-15(21)8-10-16/h2-10,13,22H,11-12H2,1H3,(H,23,26,27)/t13-/m1/s1. The molecule has 0 saturated heterocycles. The van der Waals surface area contributed by atoms with Gasteiger partial charge < -0.3 is 5.32 Å². The average Bonchev–Trinajstić information content (AvgIpc) is 2.69. The van der Waals surface area contributed by atoms with E-state index in [0.717, 1.165) is 0 Å². The van der Waals surface area contributed by atoms with Crippen LogP contribution in [0.15, 0.2) is 64.2 Å². The van der Waals surface area contributed by atoms with Crippen LogP contribution in [0.4, 0.5) is 5.82 Å². The summed E-state index contributed by atoms with van der Waals surface area (Å²) < 4.78 is 1.48. The molecule has 1 atom stereocenters. The van der Waals surface area contributed by atoms with E-state index in [1.54, 1.807) is 24.3 Å². The zero-order chi connectivity index (χ0) is 19.0. The topological polar surface area (TPSA) is 70.1 Å². The van der Waals surface area contributed by atoms with Gasteiger partial charge in [0.1, 0.15) is 5.82 Å². The molecule has 2 N–H and O–H groups in total. The molecular formula is C20H19ClN4O2. The highest BCUT2D eigenvalue weighted by atomic mass is 35.5. The molecule has 0 amide bonds. The Morgan fingerprint density at radius 1 is 1.04 bits per heavy atom. The summed E-state index contributed by atoms with van der Waals surface area (Å²) in [7, 11) is 0. The molecule has 3 aromatic rings. The lowest BCUT2D eigenvalue weighted by Crippen LogP contribution is -2.43. The van der Waals surface area contributed by atoms with E-state index in [-0.39, 0.29) is 11.6 Å². The van der Waals surface area contributed by atoms with Gasteiger partial charge in [-0.25, -0.2) is 9.36 Å². The lowest BCUT2D eigenvalue weighted by atomic mass is 10.1. The molecule has 2 aromatic carbocycles. The number of nitrogens with zero attached hydrogens (tertiary/aromatic N) is 2. The van der Waals surface area contributed by atoms with Crippen molar-refractivity contribution in [3.8, 4) is 5.69 Å². The van der Waals surface area contributed by atoms with Gasteiger partial charge >= 0.3 is 5.69 Å². The van der Waals surface area contributed by atoms with Crippen molar-refractivity contribution in [1.29, 1.82) is 0 Å². The minimum absolute atomic E-state index is 0.127. The van der Waals surface area contributed by atoms with E-state index in [9.17, 15) is 9.59 Å². The molecule has 0 fully saturated rings. The molecule has 0 unspecified atom stereocenters. The van der Waals surface area contributed by atoms with Gasteiger partial charge in [-0.2, -0.15) is 0 Å². The van der Waals surface area contributed by atoms with Crippen molar-refractivity contribution in [2.45, 2.75) is 19.5 Å². The van der Waals surface area contributed by atoms with E-state index in [4.69, 9.17) is 11.6 Å². The lowest BCUT2D eigenvalue weighted by Gasteiger charge is -2.35. The number of anilines is 1. The largest absolute Gasteiger partial charge is 0.358 e. The molecule has 0 saturated carbocycles. The smallest absolute Gasteiger partial charge is 0.334 e. The molecule has 1 aliphatic rings. The SMILES string of the molecule is C[C@H](c1ccccc1)N1CNc2c(c(=O)[nH]c(=O)n2-c2ccc(Cl)cc2)C1. The van der Waals surface area contributed by atoms with Crippen LogP contribution in [0.25, 0.3) is 5.69 Å². The van der Waals surface area contributed by atoms with Gasteiger partial charge in [0.15, 0.2) is 0 Å². The number of halogens is 1. The third-order valence-corrected chi connectivity index (χ3v) is 5.18. The molecule has 7 heteroatoms. The molecular weight excluding hydrogens is 364 g/mol. The number of fused-ring (bicyclic) bond motifs is 1. The Morgan fingerprint density at radius 2 is 1.74 bits per heavy atom. The molecule has 6 nitrogen and oxygen atoms in total. The van der Waals surface area contributed by atoms with Crippen molar-refractivity contribution < 1.29 is 0 Å². The Morgan fingerprint density at radius 3 is 2.44 bits per heavy atom. The number of hydrogen-bond donors (Lipinski definition) is 2. The zero-order valence-corrected chi connectivity index (χ0v) is 15.5. The van der Waals surface area contributed by atoms with Gasteiger partial charge in [-0.1, -0.05) is 41.9 Å². The summed E-state index contributed by atoms with van der Waals surface area (Å²) in [5, 5.41) is 3.85. The van der Waals surface area contributed by atoms with Crippen LogP contribution in [0.1, 0.15) is 24.1 Å².